The van der Waals surface area contributed by atoms with Crippen molar-refractivity contribution in [2.24, 2.45) is 28.7 Å². The average molecular weight is 1890 g/mol. The van der Waals surface area contributed by atoms with Crippen molar-refractivity contribution in [3.63, 3.8) is 0 Å². The van der Waals surface area contributed by atoms with Crippen LogP contribution in [0.2, 0.25) is 49.4 Å². The number of methoxy groups -OCH3 is 4. The molecule has 126 heavy (non-hydrogen) atoms. The number of hydrogen-bond acceptors (Lipinski definition) is 31. The summed E-state index contributed by atoms with van der Waals surface area (Å²) in [6.07, 6.45) is 3.57. The van der Waals surface area contributed by atoms with Crippen LogP contribution >= 0.6 is 24.0 Å². The van der Waals surface area contributed by atoms with Gasteiger partial charge in [0.1, 0.15) is 59.6 Å². The highest BCUT2D eigenvalue weighted by Gasteiger charge is 2.64. The molecule has 4 aliphatic rings. The minimum atomic E-state index is -2.98. The monoisotopic (exact) mass is 1880 g/mol. The number of carbonyl (C=O) groups is 4. The number of benzene rings is 4. The van der Waals surface area contributed by atoms with Crippen LogP contribution in [-0.4, -0.2) is 214 Å². The second kappa shape index (κ2) is 48.8. The zero-order valence-electron chi connectivity index (χ0n) is 75.3. The lowest BCUT2D eigenvalue weighted by Gasteiger charge is -2.51. The first-order valence-corrected chi connectivity index (χ1v) is 49.7. The van der Waals surface area contributed by atoms with Crippen molar-refractivity contribution >= 4 is 116 Å². The maximum Gasteiger partial charge on any atom is 0.335 e. The second-order valence-corrected chi connectivity index (χ2v) is 50.7. The largest absolute Gasteiger partial charge is 0.494 e. The maximum atomic E-state index is 12.2. The SMILES string of the molecule is CO[C@@H]1O[C@@H]2CO[Si](C(C)C)(C(C)C)O[Si](C(C)C)(C(C)C)O[C@H]2[C@H]1OCCCOc1cc(C(N)=O)cc([N+](=O)[O-])c1Cl.COc1cc(C(N)=O)cc([N+](=O)[O-])c1NC/C=C/CCc1c(OCCCO[C@H]2[C@H](OC)O[C@@H]3CO[Si](C(C)C)(C(C)C)O[Si](C(C)C)(C(C)C)O[C@@H]23)cc(C(N)=O)cc1[N+](=O)[O-].COc1cc(C(N)=O)cc([N+](=O)[O-])c1NC/C=C/CN.Cl. The zero-order valence-corrected chi connectivity index (χ0v) is 80.8. The highest BCUT2D eigenvalue weighted by molar-refractivity contribution is 6.84. The molecule has 4 heterocycles. The van der Waals surface area contributed by atoms with Gasteiger partial charge >= 0.3 is 34.2 Å². The maximum absolute atomic E-state index is 12.2. The van der Waals surface area contributed by atoms with Crippen LogP contribution in [0, 0.1) is 40.5 Å². The molecule has 0 spiro atoms. The lowest BCUT2D eigenvalue weighted by atomic mass is 10.0. The molecule has 0 bridgehead atoms. The molecule has 4 fully saturated rings. The van der Waals surface area contributed by atoms with E-state index in [9.17, 15) is 59.6 Å². The molecule has 0 aliphatic carbocycles. The predicted octanol–water partition coefficient (Wildman–Crippen LogP) is 13.7. The second-order valence-electron chi connectivity index (χ2n) is 32.6. The summed E-state index contributed by atoms with van der Waals surface area (Å²) in [7, 11) is -5.60. The zero-order chi connectivity index (χ0) is 93.5. The summed E-state index contributed by atoms with van der Waals surface area (Å²) >= 11 is 6.16. The van der Waals surface area contributed by atoms with E-state index in [1.165, 1.54) is 38.5 Å². The molecule has 0 unspecified atom stereocenters. The van der Waals surface area contributed by atoms with Crippen molar-refractivity contribution in [1.29, 1.82) is 0 Å². The van der Waals surface area contributed by atoms with Crippen LogP contribution < -0.4 is 58.2 Å². The number of nitro benzene ring substituents is 4. The predicted molar refractivity (Wildman–Crippen MR) is 483 cm³/mol. The Morgan fingerprint density at radius 1 is 0.468 bits per heavy atom. The Hall–Kier alpha value is -8.43. The number of amides is 4. The summed E-state index contributed by atoms with van der Waals surface area (Å²) in [4.78, 5) is 90.6. The quantitative estimate of drug-likeness (QED) is 0.00712. The van der Waals surface area contributed by atoms with Crippen molar-refractivity contribution in [2.45, 2.75) is 230 Å². The summed E-state index contributed by atoms with van der Waals surface area (Å²) in [6.45, 7) is 36.5. The van der Waals surface area contributed by atoms with Gasteiger partial charge in [-0.25, -0.2) is 0 Å². The number of ether oxygens (including phenoxy) is 10. The molecular formula is C81H127Cl2N11O28Si4. The number of allylic oxidation sites excluding steroid dienone is 1. The fourth-order valence-electron chi connectivity index (χ4n) is 15.5. The lowest BCUT2D eigenvalue weighted by molar-refractivity contribution is -0.385. The number of halogens is 2. The molecule has 0 aromatic heterocycles. The number of nitrogens with one attached hydrogen (secondary N) is 2. The molecule has 704 valence electrons. The highest BCUT2D eigenvalue weighted by atomic mass is 35.5. The van der Waals surface area contributed by atoms with Crippen molar-refractivity contribution in [1.82, 2.24) is 0 Å². The first kappa shape index (κ1) is 108. The molecule has 4 amide bonds. The van der Waals surface area contributed by atoms with Crippen LogP contribution in [0.4, 0.5) is 34.1 Å². The van der Waals surface area contributed by atoms with Crippen LogP contribution in [0.15, 0.2) is 72.8 Å². The topological polar surface area (TPSA) is 543 Å². The van der Waals surface area contributed by atoms with Crippen LogP contribution in [0.1, 0.15) is 177 Å². The number of nitrogens with two attached hydrogens (primary N) is 5. The first-order valence-electron chi connectivity index (χ1n) is 41.4. The minimum absolute atomic E-state index is 0. The van der Waals surface area contributed by atoms with E-state index < -0.39 is 138 Å². The number of hydrogen-bond donors (Lipinski definition) is 7. The van der Waals surface area contributed by atoms with E-state index in [2.05, 4.69) is 121 Å². The van der Waals surface area contributed by atoms with E-state index in [-0.39, 0.29) is 181 Å². The molecule has 0 saturated carbocycles. The van der Waals surface area contributed by atoms with Gasteiger partial charge in [0.25, 0.3) is 22.7 Å². The van der Waals surface area contributed by atoms with Crippen molar-refractivity contribution in [3.05, 3.63) is 146 Å². The number of rotatable bonds is 42. The Morgan fingerprint density at radius 3 is 1.12 bits per heavy atom. The van der Waals surface area contributed by atoms with E-state index in [1.54, 1.807) is 38.5 Å². The standard InChI is InChI=1S/C41H63N5O14Si2.C28H47ClN2O10Si2.C12H16N4O4.ClH/c1-24(2)61(25(3)4)57-23-35-37(59-62(60-61,26(5)6)27(7)8)38(41(54-10)58-35)56-18-14-17-55-33-21-28(39(42)47)19-31(45(49)50)30(33)15-12-11-13-16-44-36-32(46(51)52)20-29(40(43)48)22-34(36)53-9;1-16(2)42(17(3)4)38-15-23-25(40-43(41-42,18(5)6)19(7)8)26(28(35-9)39-23)37-12-10-11-36-22-14-20(27(30)32)13-21(24(22)29)31(33)34;1-20-10-7-8(12(14)17)6-9(16(18)19)11(10)15-5-3-2-4-13;/h11,13,19-22,24-27,35,37-38,41,44H,12,14-18,23H2,1-10H3,(H2,42,47)(H2,43,48);13-14,16-19,23,25-26,28H,10-12,15H2,1-9H3,(H2,30,32);2-3,6-7,15H,4-5,13H2,1H3,(H2,14,17);1H/b13-11+;;3-2+;/t35-,37-,38-,41-;23-,25-,26-,28-;;/m11../s1. The number of nitrogens with zero attached hydrogens (tertiary/aromatic N) is 4. The van der Waals surface area contributed by atoms with Crippen LogP contribution in [0.3, 0.4) is 0 Å². The van der Waals surface area contributed by atoms with Gasteiger partial charge in [0, 0.05) is 93.2 Å². The van der Waals surface area contributed by atoms with Gasteiger partial charge in [-0.1, -0.05) is 147 Å². The minimum Gasteiger partial charge on any atom is -0.494 e. The number of primary amides is 4. The van der Waals surface area contributed by atoms with Crippen molar-refractivity contribution in [3.8, 4) is 23.0 Å². The van der Waals surface area contributed by atoms with Gasteiger partial charge in [-0.2, -0.15) is 0 Å². The molecule has 39 nitrogen and oxygen atoms in total. The Bertz CT molecular complexity index is 4410. The summed E-state index contributed by atoms with van der Waals surface area (Å²) in [6, 6.07) is 9.64. The third kappa shape index (κ3) is 26.2. The van der Waals surface area contributed by atoms with Crippen LogP contribution in [0.5, 0.6) is 23.0 Å². The smallest absolute Gasteiger partial charge is 0.335 e. The number of anilines is 2. The molecule has 12 N–H and O–H groups in total. The summed E-state index contributed by atoms with van der Waals surface area (Å²) in [5.74, 6) is -2.95. The van der Waals surface area contributed by atoms with E-state index in [0.29, 0.717) is 39.0 Å². The van der Waals surface area contributed by atoms with Crippen LogP contribution in [0.25, 0.3) is 0 Å². The third-order valence-electron chi connectivity index (χ3n) is 21.9. The Labute approximate surface area is 750 Å². The van der Waals surface area contributed by atoms with Crippen molar-refractivity contribution < 1.29 is 112 Å². The molecule has 45 heteroatoms. The van der Waals surface area contributed by atoms with Gasteiger partial charge in [0.05, 0.1) is 79.1 Å². The molecule has 4 aromatic carbocycles. The fourth-order valence-corrected chi connectivity index (χ4v) is 38.2. The van der Waals surface area contributed by atoms with E-state index in [0.717, 1.165) is 24.3 Å². The van der Waals surface area contributed by atoms with Gasteiger partial charge in [-0.15, -0.1) is 12.4 Å². The molecule has 8 atom stereocenters. The Balaban J connectivity index is 0.000000378. The van der Waals surface area contributed by atoms with Gasteiger partial charge in [-0.05, 0) is 81.4 Å². The normalized spacial score (nSPS) is 20.6. The molecule has 4 saturated heterocycles. The summed E-state index contributed by atoms with van der Waals surface area (Å²) < 4.78 is 102. The van der Waals surface area contributed by atoms with Gasteiger partial charge < -0.3 is 113 Å². The van der Waals surface area contributed by atoms with E-state index in [4.69, 9.17) is 114 Å². The summed E-state index contributed by atoms with van der Waals surface area (Å²) in [5, 5.41) is 52.0. The van der Waals surface area contributed by atoms with Crippen molar-refractivity contribution in [2.75, 3.05) is 98.3 Å². The van der Waals surface area contributed by atoms with Gasteiger partial charge in [0.15, 0.2) is 29.0 Å². The Morgan fingerprint density at radius 2 is 0.794 bits per heavy atom. The average Bonchev–Trinajstić information content (AvgIpc) is 0.783. The van der Waals surface area contributed by atoms with Crippen LogP contribution in [-0.2, 0) is 60.8 Å². The van der Waals surface area contributed by atoms with E-state index >= 15 is 0 Å². The van der Waals surface area contributed by atoms with E-state index in [1.807, 2.05) is 0 Å². The third-order valence-corrected chi connectivity index (χ3v) is 42.8. The van der Waals surface area contributed by atoms with Gasteiger partial charge in [0.2, 0.25) is 23.6 Å². The number of nitro groups is 4. The Kier molecular flexibility index (Phi) is 41.9. The number of carbonyl (C=O) groups excluding carboxylic acids is 4. The van der Waals surface area contributed by atoms with Gasteiger partial charge in [-0.3, -0.25) is 59.6 Å². The highest BCUT2D eigenvalue weighted by Crippen LogP contribution is 2.51. The lowest BCUT2D eigenvalue weighted by Crippen LogP contribution is -2.66. The molecular weight excluding hydrogens is 1760 g/mol. The first-order chi connectivity index (χ1) is 58.8. The summed E-state index contributed by atoms with van der Waals surface area (Å²) in [5.41, 5.74) is 26.6. The molecule has 0 radical (unpaired) electrons. The molecule has 4 aromatic rings. The molecule has 8 rings (SSSR count). The molecule has 4 aliphatic heterocycles. The number of fused-ring (bicyclic) bond motifs is 2. The fraction of sp³-hybridized carbons (Fsp3) is 0.605.